The van der Waals surface area contributed by atoms with E-state index in [2.05, 4.69) is 11.4 Å². The summed E-state index contributed by atoms with van der Waals surface area (Å²) in [5.74, 6) is -0.261. The number of hydrogen-bond donors (Lipinski definition) is 1. The number of rotatable bonds is 6. The van der Waals surface area contributed by atoms with Gasteiger partial charge >= 0.3 is 0 Å². The minimum absolute atomic E-state index is 0.211. The average Bonchev–Trinajstić information content (AvgIpc) is 2.83. The van der Waals surface area contributed by atoms with Gasteiger partial charge in [-0.3, -0.25) is 4.79 Å². The third kappa shape index (κ3) is 5.05. The molecule has 162 valence electrons. The number of halogens is 1. The van der Waals surface area contributed by atoms with Crippen molar-refractivity contribution in [1.29, 1.82) is 5.26 Å². The minimum atomic E-state index is -0.391. The van der Waals surface area contributed by atoms with E-state index in [-0.39, 0.29) is 12.5 Å². The number of amides is 1. The molecule has 1 aliphatic heterocycles. The monoisotopic (exact) mass is 431 g/mol. The molecule has 0 spiro atoms. The molecule has 6 nitrogen and oxygen atoms in total. The number of anilines is 2. The zero-order chi connectivity index (χ0) is 22.3. The Hall–Kier alpha value is -3.89. The van der Waals surface area contributed by atoms with Crippen molar-refractivity contribution in [2.24, 2.45) is 0 Å². The van der Waals surface area contributed by atoms with E-state index >= 15 is 0 Å². The molecule has 3 aromatic rings. The summed E-state index contributed by atoms with van der Waals surface area (Å²) in [6.07, 6.45) is 0. The highest BCUT2D eigenvalue weighted by atomic mass is 19.1. The highest BCUT2D eigenvalue weighted by molar-refractivity contribution is 6.04. The number of nitrogens with zero attached hydrogens (tertiary/aromatic N) is 2. The third-order valence-electron chi connectivity index (χ3n) is 5.19. The van der Waals surface area contributed by atoms with Gasteiger partial charge in [0.05, 0.1) is 30.5 Å². The molecule has 1 saturated heterocycles. The molecule has 7 heteroatoms. The standard InChI is InChI=1S/C25H22FN3O3/c26-23-15-21(8-9-24(23)29-10-12-31-13-11-29)28-25(30)18-6-3-7-22(14-18)32-17-20-5-2-1-4-19(20)16-27/h1-9,14-15H,10-13,17H2,(H,28,30). The van der Waals surface area contributed by atoms with Crippen molar-refractivity contribution in [1.82, 2.24) is 0 Å². The second-order valence-electron chi connectivity index (χ2n) is 7.31. The molecule has 1 fully saturated rings. The molecule has 32 heavy (non-hydrogen) atoms. The zero-order valence-corrected chi connectivity index (χ0v) is 17.4. The summed E-state index contributed by atoms with van der Waals surface area (Å²) in [7, 11) is 0. The first-order valence-corrected chi connectivity index (χ1v) is 10.3. The van der Waals surface area contributed by atoms with E-state index in [1.54, 1.807) is 48.5 Å². The van der Waals surface area contributed by atoms with E-state index < -0.39 is 5.82 Å². The fourth-order valence-corrected chi connectivity index (χ4v) is 3.49. The first kappa shape index (κ1) is 21.3. The fourth-order valence-electron chi connectivity index (χ4n) is 3.49. The van der Waals surface area contributed by atoms with Crippen LogP contribution in [-0.4, -0.2) is 32.2 Å². The van der Waals surface area contributed by atoms with Crippen molar-refractivity contribution in [3.8, 4) is 11.8 Å². The zero-order valence-electron chi connectivity index (χ0n) is 17.4. The molecule has 0 atom stereocenters. The van der Waals surface area contributed by atoms with Gasteiger partial charge in [-0.1, -0.05) is 24.3 Å². The number of hydrogen-bond acceptors (Lipinski definition) is 5. The SMILES string of the molecule is N#Cc1ccccc1COc1cccc(C(=O)Nc2ccc(N3CCOCC3)c(F)c2)c1. The molecule has 1 amide bonds. The van der Waals surface area contributed by atoms with Gasteiger partial charge in [-0.05, 0) is 42.5 Å². The van der Waals surface area contributed by atoms with E-state index in [9.17, 15) is 14.4 Å². The molecule has 0 unspecified atom stereocenters. The molecule has 3 aromatic carbocycles. The maximum atomic E-state index is 14.6. The Balaban J connectivity index is 1.41. The van der Waals surface area contributed by atoms with Crippen molar-refractivity contribution in [2.45, 2.75) is 6.61 Å². The smallest absolute Gasteiger partial charge is 0.255 e. The quantitative estimate of drug-likeness (QED) is 0.628. The second kappa shape index (κ2) is 9.94. The Kier molecular flexibility index (Phi) is 6.63. The Morgan fingerprint density at radius 3 is 2.69 bits per heavy atom. The van der Waals surface area contributed by atoms with Crippen molar-refractivity contribution >= 4 is 17.3 Å². The lowest BCUT2D eigenvalue weighted by molar-refractivity contribution is 0.102. The van der Waals surface area contributed by atoms with Gasteiger partial charge in [0.2, 0.25) is 0 Å². The molecule has 4 rings (SSSR count). The van der Waals surface area contributed by atoms with Crippen molar-refractivity contribution in [3.63, 3.8) is 0 Å². The average molecular weight is 431 g/mol. The van der Waals surface area contributed by atoms with Crippen molar-refractivity contribution in [2.75, 3.05) is 36.5 Å². The van der Waals surface area contributed by atoms with Crippen LogP contribution >= 0.6 is 0 Å². The van der Waals surface area contributed by atoms with Gasteiger partial charge in [-0.2, -0.15) is 5.26 Å². The number of morpholine rings is 1. The lowest BCUT2D eigenvalue weighted by atomic mass is 10.1. The highest BCUT2D eigenvalue weighted by Crippen LogP contribution is 2.24. The molecule has 1 heterocycles. The number of nitriles is 1. The predicted molar refractivity (Wildman–Crippen MR) is 119 cm³/mol. The summed E-state index contributed by atoms with van der Waals surface area (Å²) in [4.78, 5) is 14.6. The Morgan fingerprint density at radius 2 is 1.91 bits per heavy atom. The first-order chi connectivity index (χ1) is 15.6. The highest BCUT2D eigenvalue weighted by Gasteiger charge is 2.16. The van der Waals surface area contributed by atoms with Crippen LogP contribution in [0.15, 0.2) is 66.7 Å². The molecule has 0 bridgehead atoms. The van der Waals surface area contributed by atoms with Crippen LogP contribution in [0.25, 0.3) is 0 Å². The summed E-state index contributed by atoms with van der Waals surface area (Å²) >= 11 is 0. The van der Waals surface area contributed by atoms with Gasteiger partial charge in [0, 0.05) is 29.9 Å². The summed E-state index contributed by atoms with van der Waals surface area (Å²) in [5.41, 5.74) is 2.57. The third-order valence-corrected chi connectivity index (χ3v) is 5.19. The van der Waals surface area contributed by atoms with Gasteiger partial charge in [0.25, 0.3) is 5.91 Å². The van der Waals surface area contributed by atoms with E-state index in [4.69, 9.17) is 9.47 Å². The Bertz CT molecular complexity index is 1150. The molecule has 1 N–H and O–H groups in total. The van der Waals surface area contributed by atoms with Gasteiger partial charge < -0.3 is 19.7 Å². The van der Waals surface area contributed by atoms with Crippen LogP contribution in [0.3, 0.4) is 0 Å². The van der Waals surface area contributed by atoms with E-state index in [1.165, 1.54) is 6.07 Å². The van der Waals surface area contributed by atoms with Gasteiger partial charge in [-0.15, -0.1) is 0 Å². The number of benzene rings is 3. The molecule has 0 aromatic heterocycles. The molecule has 0 saturated carbocycles. The maximum Gasteiger partial charge on any atom is 0.255 e. The number of ether oxygens (including phenoxy) is 2. The minimum Gasteiger partial charge on any atom is -0.489 e. The largest absolute Gasteiger partial charge is 0.489 e. The lowest BCUT2D eigenvalue weighted by Gasteiger charge is -2.29. The summed E-state index contributed by atoms with van der Waals surface area (Å²) in [6, 6.07) is 20.7. The van der Waals surface area contributed by atoms with Gasteiger partial charge in [0.15, 0.2) is 0 Å². The maximum absolute atomic E-state index is 14.6. The normalized spacial score (nSPS) is 13.3. The van der Waals surface area contributed by atoms with E-state index in [1.807, 2.05) is 17.0 Å². The summed E-state index contributed by atoms with van der Waals surface area (Å²) in [6.45, 7) is 2.61. The van der Waals surface area contributed by atoms with Gasteiger partial charge in [0.1, 0.15) is 18.2 Å². The molecular weight excluding hydrogens is 409 g/mol. The van der Waals surface area contributed by atoms with Crippen LogP contribution in [0.5, 0.6) is 5.75 Å². The molecule has 0 aliphatic carbocycles. The Labute approximate surface area is 185 Å². The Morgan fingerprint density at radius 1 is 1.09 bits per heavy atom. The van der Waals surface area contributed by atoms with Crippen LogP contribution in [0.2, 0.25) is 0 Å². The number of nitrogens with one attached hydrogen (secondary N) is 1. The van der Waals surface area contributed by atoms with E-state index in [0.29, 0.717) is 54.6 Å². The molecular formula is C25H22FN3O3. The number of carbonyl (C=O) groups excluding carboxylic acids is 1. The predicted octanol–water partition coefficient (Wildman–Crippen LogP) is 4.37. The van der Waals surface area contributed by atoms with Crippen LogP contribution < -0.4 is 15.0 Å². The molecule has 1 aliphatic rings. The number of carbonyl (C=O) groups is 1. The van der Waals surface area contributed by atoms with E-state index in [0.717, 1.165) is 5.56 Å². The first-order valence-electron chi connectivity index (χ1n) is 10.3. The fraction of sp³-hybridized carbons (Fsp3) is 0.200. The van der Waals surface area contributed by atoms with Crippen LogP contribution in [0, 0.1) is 17.1 Å². The van der Waals surface area contributed by atoms with Crippen LogP contribution in [-0.2, 0) is 11.3 Å². The van der Waals surface area contributed by atoms with Crippen LogP contribution in [0.1, 0.15) is 21.5 Å². The summed E-state index contributed by atoms with van der Waals surface area (Å²) in [5, 5.41) is 11.9. The van der Waals surface area contributed by atoms with Crippen molar-refractivity contribution < 1.29 is 18.7 Å². The van der Waals surface area contributed by atoms with Crippen LogP contribution in [0.4, 0.5) is 15.8 Å². The second-order valence-corrected chi connectivity index (χ2v) is 7.31. The van der Waals surface area contributed by atoms with Crippen molar-refractivity contribution in [3.05, 3.63) is 89.2 Å². The molecule has 0 radical (unpaired) electrons. The topological polar surface area (TPSA) is 74.6 Å². The lowest BCUT2D eigenvalue weighted by Crippen LogP contribution is -2.36. The van der Waals surface area contributed by atoms with Gasteiger partial charge in [-0.25, -0.2) is 4.39 Å². The summed E-state index contributed by atoms with van der Waals surface area (Å²) < 4.78 is 25.7.